The van der Waals surface area contributed by atoms with Crippen molar-refractivity contribution in [3.63, 3.8) is 0 Å². The second-order valence-electron chi connectivity index (χ2n) is 7.73. The Labute approximate surface area is 238 Å². The minimum atomic E-state index is -0.412. The van der Waals surface area contributed by atoms with E-state index in [1.54, 1.807) is 6.92 Å². The van der Waals surface area contributed by atoms with Crippen LogP contribution in [0.3, 0.4) is 0 Å². The van der Waals surface area contributed by atoms with E-state index < -0.39 is 5.97 Å². The van der Waals surface area contributed by atoms with E-state index in [4.69, 9.17) is 63.7 Å². The molecular weight excluding hydrogens is 540 g/mol. The summed E-state index contributed by atoms with van der Waals surface area (Å²) in [4.78, 5) is 11.2. The van der Waals surface area contributed by atoms with Crippen molar-refractivity contribution in [3.8, 4) is 0 Å². The van der Waals surface area contributed by atoms with Crippen molar-refractivity contribution in [2.75, 3.05) is 145 Å². The molecule has 39 heavy (non-hydrogen) atoms. The van der Waals surface area contributed by atoms with E-state index in [-0.39, 0.29) is 6.61 Å². The summed E-state index contributed by atoms with van der Waals surface area (Å²) >= 11 is 5.50. The van der Waals surface area contributed by atoms with Crippen molar-refractivity contribution >= 4 is 17.6 Å². The third kappa shape index (κ3) is 33.2. The minimum absolute atomic E-state index is 0.201. The predicted octanol–water partition coefficient (Wildman–Crippen LogP) is 1.51. The first-order valence-corrected chi connectivity index (χ1v) is 13.9. The second-order valence-corrected chi connectivity index (χ2v) is 8.11. The highest BCUT2D eigenvalue weighted by Gasteiger charge is 2.02. The average molecular weight is 589 g/mol. The molecule has 0 fully saturated rings. The van der Waals surface area contributed by atoms with Crippen molar-refractivity contribution in [2.24, 2.45) is 0 Å². The molecule has 0 aromatic carbocycles. The Morgan fingerprint density at radius 1 is 0.436 bits per heavy atom. The third-order valence-electron chi connectivity index (χ3n) is 4.38. The molecule has 0 N–H and O–H groups in total. The van der Waals surface area contributed by atoms with Gasteiger partial charge in [0.1, 0.15) is 6.61 Å². The quantitative estimate of drug-likeness (QED) is 0.0478. The van der Waals surface area contributed by atoms with Gasteiger partial charge in [-0.15, -0.1) is 11.6 Å². The Morgan fingerprint density at radius 3 is 0.846 bits per heavy atom. The van der Waals surface area contributed by atoms with Gasteiger partial charge in [-0.05, 0) is 6.92 Å². The van der Waals surface area contributed by atoms with E-state index in [2.05, 4.69) is 6.58 Å². The lowest BCUT2D eigenvalue weighted by atomic mass is 10.4. The molecule has 0 rings (SSSR count). The van der Waals surface area contributed by atoms with Crippen LogP contribution in [0.2, 0.25) is 0 Å². The SMILES string of the molecule is C=C(C)C(=O)OCCOCCOCCOCCOCCOCCOCCOCCOCCOCCOCCCl. The smallest absolute Gasteiger partial charge is 0.333 e. The van der Waals surface area contributed by atoms with E-state index in [1.807, 2.05) is 0 Å². The molecule has 0 unspecified atom stereocenters. The Morgan fingerprint density at radius 2 is 0.641 bits per heavy atom. The number of carbonyl (C=O) groups excluding carboxylic acids is 1. The Kier molecular flexibility index (Phi) is 32.5. The Balaban J connectivity index is 3.06. The number of rotatable bonds is 33. The van der Waals surface area contributed by atoms with Crippen LogP contribution in [0.4, 0.5) is 0 Å². The van der Waals surface area contributed by atoms with E-state index in [0.29, 0.717) is 144 Å². The molecule has 0 aliphatic carbocycles. The summed E-state index contributed by atoms with van der Waals surface area (Å²) < 4.78 is 58.7. The van der Waals surface area contributed by atoms with Gasteiger partial charge < -0.3 is 52.1 Å². The molecule has 0 aromatic rings. The van der Waals surface area contributed by atoms with Crippen LogP contribution in [0.25, 0.3) is 0 Å². The lowest BCUT2D eigenvalue weighted by Crippen LogP contribution is -2.15. The fourth-order valence-electron chi connectivity index (χ4n) is 2.45. The summed E-state index contributed by atoms with van der Waals surface area (Å²) in [5.74, 6) is 0.0825. The van der Waals surface area contributed by atoms with Gasteiger partial charge in [-0.2, -0.15) is 0 Å². The molecule has 13 heteroatoms. The van der Waals surface area contributed by atoms with Gasteiger partial charge in [-0.25, -0.2) is 4.79 Å². The highest BCUT2D eigenvalue weighted by atomic mass is 35.5. The highest BCUT2D eigenvalue weighted by Crippen LogP contribution is 1.92. The molecule has 0 aliphatic heterocycles. The first kappa shape index (κ1) is 38.1. The summed E-state index contributed by atoms with van der Waals surface area (Å²) in [6.45, 7) is 15.1. The molecule has 0 saturated heterocycles. The molecule has 0 bridgehead atoms. The number of alkyl halides is 1. The van der Waals surface area contributed by atoms with Crippen molar-refractivity contribution in [2.45, 2.75) is 6.92 Å². The summed E-state index contributed by atoms with van der Waals surface area (Å²) in [6, 6.07) is 0. The van der Waals surface area contributed by atoms with Crippen molar-refractivity contribution in [3.05, 3.63) is 12.2 Å². The number of hydrogen-bond donors (Lipinski definition) is 0. The zero-order chi connectivity index (χ0) is 28.5. The lowest BCUT2D eigenvalue weighted by molar-refractivity contribution is -0.140. The topological polar surface area (TPSA) is 119 Å². The number of halogens is 1. The van der Waals surface area contributed by atoms with Gasteiger partial charge in [-0.1, -0.05) is 6.58 Å². The normalized spacial score (nSPS) is 11.2. The molecule has 0 amide bonds. The molecule has 0 heterocycles. The molecule has 0 spiro atoms. The predicted molar refractivity (Wildman–Crippen MR) is 145 cm³/mol. The first-order chi connectivity index (χ1) is 19.2. The molecule has 0 aromatic heterocycles. The molecule has 0 saturated carbocycles. The largest absolute Gasteiger partial charge is 0.460 e. The maximum atomic E-state index is 11.2. The van der Waals surface area contributed by atoms with E-state index in [1.165, 1.54) is 0 Å². The van der Waals surface area contributed by atoms with Crippen molar-refractivity contribution < 1.29 is 56.9 Å². The molecule has 232 valence electrons. The van der Waals surface area contributed by atoms with Gasteiger partial charge in [0.2, 0.25) is 0 Å². The maximum absolute atomic E-state index is 11.2. The van der Waals surface area contributed by atoms with Gasteiger partial charge in [-0.3, -0.25) is 0 Å². The minimum Gasteiger partial charge on any atom is -0.460 e. The number of esters is 1. The Bertz CT molecular complexity index is 527. The van der Waals surface area contributed by atoms with E-state index in [9.17, 15) is 4.79 Å². The van der Waals surface area contributed by atoms with Gasteiger partial charge in [0.05, 0.1) is 132 Å². The highest BCUT2D eigenvalue weighted by molar-refractivity contribution is 6.17. The van der Waals surface area contributed by atoms with Crippen molar-refractivity contribution in [1.29, 1.82) is 0 Å². The summed E-state index contributed by atoms with van der Waals surface area (Å²) in [7, 11) is 0. The summed E-state index contributed by atoms with van der Waals surface area (Å²) in [5, 5.41) is 0. The summed E-state index contributed by atoms with van der Waals surface area (Å²) in [5.41, 5.74) is 0.370. The average Bonchev–Trinajstić information content (AvgIpc) is 2.93. The van der Waals surface area contributed by atoms with Crippen molar-refractivity contribution in [1.82, 2.24) is 0 Å². The molecule has 0 aliphatic rings. The zero-order valence-electron chi connectivity index (χ0n) is 23.5. The number of carbonyl (C=O) groups is 1. The fourth-order valence-corrected chi connectivity index (χ4v) is 2.56. The van der Waals surface area contributed by atoms with Crippen LogP contribution >= 0.6 is 11.6 Å². The molecule has 0 atom stereocenters. The van der Waals surface area contributed by atoms with Crippen LogP contribution in [0.1, 0.15) is 6.92 Å². The number of hydrogen-bond acceptors (Lipinski definition) is 12. The van der Waals surface area contributed by atoms with Crippen LogP contribution in [0.5, 0.6) is 0 Å². The third-order valence-corrected chi connectivity index (χ3v) is 4.53. The standard InChI is InChI=1S/C26H49ClO12/c1-25(2)26(28)39-24-23-38-22-21-37-20-19-36-18-17-35-16-15-34-14-13-33-12-11-32-10-9-31-8-7-30-6-5-29-4-3-27/h1,3-24H2,2H3. The van der Waals surface area contributed by atoms with Crippen LogP contribution in [0.15, 0.2) is 12.2 Å². The first-order valence-electron chi connectivity index (χ1n) is 13.3. The lowest BCUT2D eigenvalue weighted by Gasteiger charge is -2.09. The van der Waals surface area contributed by atoms with Crippen LogP contribution in [0, 0.1) is 0 Å². The van der Waals surface area contributed by atoms with Gasteiger partial charge in [0, 0.05) is 11.5 Å². The maximum Gasteiger partial charge on any atom is 0.333 e. The second kappa shape index (κ2) is 33.3. The number of ether oxygens (including phenoxy) is 11. The fraction of sp³-hybridized carbons (Fsp3) is 0.885. The van der Waals surface area contributed by atoms with Gasteiger partial charge in [0.15, 0.2) is 0 Å². The molecule has 12 nitrogen and oxygen atoms in total. The monoisotopic (exact) mass is 588 g/mol. The van der Waals surface area contributed by atoms with E-state index in [0.717, 1.165) is 0 Å². The van der Waals surface area contributed by atoms with Crippen LogP contribution in [-0.4, -0.2) is 151 Å². The van der Waals surface area contributed by atoms with E-state index >= 15 is 0 Å². The molecule has 0 radical (unpaired) electrons. The Hall–Kier alpha value is -0.900. The van der Waals surface area contributed by atoms with Gasteiger partial charge in [0.25, 0.3) is 0 Å². The van der Waals surface area contributed by atoms with Gasteiger partial charge >= 0.3 is 5.97 Å². The molecular formula is C26H49ClO12. The van der Waals surface area contributed by atoms with Crippen LogP contribution in [-0.2, 0) is 56.9 Å². The van der Waals surface area contributed by atoms with Crippen LogP contribution < -0.4 is 0 Å². The zero-order valence-corrected chi connectivity index (χ0v) is 24.3. The summed E-state index contributed by atoms with van der Waals surface area (Å²) in [6.07, 6.45) is 0.